The SMILES string of the molecule is Cc1ccncc1C(C#N)N1CCOCC1. The summed E-state index contributed by atoms with van der Waals surface area (Å²) in [4.78, 5) is 6.25. The van der Waals surface area contributed by atoms with Crippen LogP contribution in [0.25, 0.3) is 0 Å². The predicted molar refractivity (Wildman–Crippen MR) is 59.7 cm³/mol. The number of nitriles is 1. The lowest BCUT2D eigenvalue weighted by atomic mass is 10.0. The van der Waals surface area contributed by atoms with Crippen molar-refractivity contribution in [1.82, 2.24) is 9.88 Å². The van der Waals surface area contributed by atoms with E-state index in [-0.39, 0.29) is 6.04 Å². The van der Waals surface area contributed by atoms with Gasteiger partial charge in [0.15, 0.2) is 0 Å². The van der Waals surface area contributed by atoms with E-state index in [2.05, 4.69) is 16.0 Å². The van der Waals surface area contributed by atoms with Crippen LogP contribution in [0, 0.1) is 18.3 Å². The Morgan fingerprint density at radius 1 is 1.50 bits per heavy atom. The zero-order chi connectivity index (χ0) is 11.4. The molecule has 0 radical (unpaired) electrons. The maximum absolute atomic E-state index is 9.30. The molecule has 1 aromatic heterocycles. The fourth-order valence-corrected chi connectivity index (χ4v) is 1.95. The quantitative estimate of drug-likeness (QED) is 0.749. The molecule has 0 amide bonds. The van der Waals surface area contributed by atoms with Crippen LogP contribution in [0.15, 0.2) is 18.5 Å². The van der Waals surface area contributed by atoms with E-state index in [1.807, 2.05) is 13.0 Å². The van der Waals surface area contributed by atoms with Crippen molar-refractivity contribution < 1.29 is 4.74 Å². The number of rotatable bonds is 2. The highest BCUT2D eigenvalue weighted by Gasteiger charge is 2.23. The summed E-state index contributed by atoms with van der Waals surface area (Å²) in [5.41, 5.74) is 2.12. The molecule has 1 aliphatic heterocycles. The van der Waals surface area contributed by atoms with E-state index in [0.29, 0.717) is 13.2 Å². The molecule has 0 aliphatic carbocycles. The zero-order valence-corrected chi connectivity index (χ0v) is 9.39. The molecule has 1 aliphatic rings. The highest BCUT2D eigenvalue weighted by molar-refractivity contribution is 5.29. The van der Waals surface area contributed by atoms with Gasteiger partial charge in [-0.1, -0.05) is 0 Å². The van der Waals surface area contributed by atoms with Crippen LogP contribution in [0.5, 0.6) is 0 Å². The summed E-state index contributed by atoms with van der Waals surface area (Å²) >= 11 is 0. The lowest BCUT2D eigenvalue weighted by Gasteiger charge is -2.31. The summed E-state index contributed by atoms with van der Waals surface area (Å²) < 4.78 is 5.29. The van der Waals surface area contributed by atoms with E-state index in [1.165, 1.54) is 0 Å². The van der Waals surface area contributed by atoms with Crippen molar-refractivity contribution in [3.8, 4) is 6.07 Å². The average molecular weight is 217 g/mol. The highest BCUT2D eigenvalue weighted by Crippen LogP contribution is 2.22. The van der Waals surface area contributed by atoms with Gasteiger partial charge in [-0.2, -0.15) is 5.26 Å². The molecule has 0 aromatic carbocycles. The van der Waals surface area contributed by atoms with E-state index in [0.717, 1.165) is 24.2 Å². The molecule has 0 N–H and O–H groups in total. The Morgan fingerprint density at radius 3 is 2.88 bits per heavy atom. The number of aromatic nitrogens is 1. The van der Waals surface area contributed by atoms with E-state index in [9.17, 15) is 5.26 Å². The Morgan fingerprint density at radius 2 is 2.25 bits per heavy atom. The summed E-state index contributed by atoms with van der Waals surface area (Å²) in [6, 6.07) is 4.11. The molecule has 16 heavy (non-hydrogen) atoms. The number of nitrogens with zero attached hydrogens (tertiary/aromatic N) is 3. The van der Waals surface area contributed by atoms with E-state index in [4.69, 9.17) is 4.74 Å². The monoisotopic (exact) mass is 217 g/mol. The van der Waals surface area contributed by atoms with Gasteiger partial charge in [-0.05, 0) is 18.6 Å². The van der Waals surface area contributed by atoms with Crippen LogP contribution in [0.3, 0.4) is 0 Å². The van der Waals surface area contributed by atoms with Gasteiger partial charge >= 0.3 is 0 Å². The molecule has 2 rings (SSSR count). The van der Waals surface area contributed by atoms with Crippen molar-refractivity contribution in [2.45, 2.75) is 13.0 Å². The van der Waals surface area contributed by atoms with Gasteiger partial charge in [-0.25, -0.2) is 0 Å². The maximum atomic E-state index is 9.30. The summed E-state index contributed by atoms with van der Waals surface area (Å²) in [5.74, 6) is 0. The second-order valence-corrected chi connectivity index (χ2v) is 3.91. The van der Waals surface area contributed by atoms with Crippen molar-refractivity contribution in [2.75, 3.05) is 26.3 Å². The largest absolute Gasteiger partial charge is 0.379 e. The number of hydrogen-bond acceptors (Lipinski definition) is 4. The summed E-state index contributed by atoms with van der Waals surface area (Å²) in [5, 5.41) is 9.30. The van der Waals surface area contributed by atoms with Crippen LogP contribution in [-0.2, 0) is 4.74 Å². The van der Waals surface area contributed by atoms with Crippen molar-refractivity contribution in [2.24, 2.45) is 0 Å². The van der Waals surface area contributed by atoms with Crippen LogP contribution in [0.1, 0.15) is 17.2 Å². The van der Waals surface area contributed by atoms with E-state index in [1.54, 1.807) is 12.4 Å². The molecule has 0 bridgehead atoms. The predicted octanol–water partition coefficient (Wildman–Crippen LogP) is 1.29. The molecule has 1 atom stereocenters. The van der Waals surface area contributed by atoms with Gasteiger partial charge in [-0.3, -0.25) is 9.88 Å². The van der Waals surface area contributed by atoms with Gasteiger partial charge in [0, 0.05) is 31.0 Å². The van der Waals surface area contributed by atoms with E-state index < -0.39 is 0 Å². The van der Waals surface area contributed by atoms with E-state index >= 15 is 0 Å². The molecule has 0 spiro atoms. The van der Waals surface area contributed by atoms with Crippen LogP contribution < -0.4 is 0 Å². The minimum absolute atomic E-state index is 0.197. The van der Waals surface area contributed by atoms with Crippen LogP contribution in [0.4, 0.5) is 0 Å². The van der Waals surface area contributed by atoms with Gasteiger partial charge in [0.25, 0.3) is 0 Å². The zero-order valence-electron chi connectivity index (χ0n) is 9.39. The first-order chi connectivity index (χ1) is 7.83. The molecular weight excluding hydrogens is 202 g/mol. The van der Waals surface area contributed by atoms with Crippen molar-refractivity contribution in [3.05, 3.63) is 29.6 Å². The van der Waals surface area contributed by atoms with Crippen LogP contribution in [-0.4, -0.2) is 36.2 Å². The smallest absolute Gasteiger partial charge is 0.125 e. The van der Waals surface area contributed by atoms with Gasteiger partial charge < -0.3 is 4.74 Å². The van der Waals surface area contributed by atoms with Crippen molar-refractivity contribution in [3.63, 3.8) is 0 Å². The Hall–Kier alpha value is -1.44. The standard InChI is InChI=1S/C12H15N3O/c1-10-2-3-14-9-11(10)12(8-13)15-4-6-16-7-5-15/h2-3,9,12H,4-7H2,1H3. The van der Waals surface area contributed by atoms with Gasteiger partial charge in [-0.15, -0.1) is 0 Å². The van der Waals surface area contributed by atoms with Crippen LogP contribution >= 0.6 is 0 Å². The fourth-order valence-electron chi connectivity index (χ4n) is 1.95. The molecule has 1 aromatic rings. The number of pyridine rings is 1. The Labute approximate surface area is 95.5 Å². The molecule has 0 saturated carbocycles. The minimum atomic E-state index is -0.197. The first-order valence-corrected chi connectivity index (χ1v) is 5.45. The lowest BCUT2D eigenvalue weighted by molar-refractivity contribution is 0.0265. The number of aryl methyl sites for hydroxylation is 1. The summed E-state index contributed by atoms with van der Waals surface area (Å²) in [7, 11) is 0. The third-order valence-corrected chi connectivity index (χ3v) is 2.91. The third-order valence-electron chi connectivity index (χ3n) is 2.91. The summed E-state index contributed by atoms with van der Waals surface area (Å²) in [6.45, 7) is 5.05. The topological polar surface area (TPSA) is 49.2 Å². The maximum Gasteiger partial charge on any atom is 0.125 e. The van der Waals surface area contributed by atoms with Crippen LogP contribution in [0.2, 0.25) is 0 Å². The molecule has 1 fully saturated rings. The van der Waals surface area contributed by atoms with Crippen molar-refractivity contribution in [1.29, 1.82) is 5.26 Å². The molecule has 1 unspecified atom stereocenters. The highest BCUT2D eigenvalue weighted by atomic mass is 16.5. The third kappa shape index (κ3) is 2.21. The number of morpholine rings is 1. The molecule has 4 heteroatoms. The van der Waals surface area contributed by atoms with Crippen molar-refractivity contribution >= 4 is 0 Å². The molecule has 4 nitrogen and oxygen atoms in total. The fraction of sp³-hybridized carbons (Fsp3) is 0.500. The second-order valence-electron chi connectivity index (χ2n) is 3.91. The molecule has 2 heterocycles. The first kappa shape index (κ1) is 11.1. The summed E-state index contributed by atoms with van der Waals surface area (Å²) in [6.07, 6.45) is 3.55. The second kappa shape index (κ2) is 5.06. The van der Waals surface area contributed by atoms with Gasteiger partial charge in [0.05, 0.1) is 19.3 Å². The number of ether oxygens (including phenoxy) is 1. The Balaban J connectivity index is 2.22. The molecule has 1 saturated heterocycles. The Kier molecular flexibility index (Phi) is 3.50. The van der Waals surface area contributed by atoms with Gasteiger partial charge in [0.1, 0.15) is 6.04 Å². The minimum Gasteiger partial charge on any atom is -0.379 e. The lowest BCUT2D eigenvalue weighted by Crippen LogP contribution is -2.38. The van der Waals surface area contributed by atoms with Gasteiger partial charge in [0.2, 0.25) is 0 Å². The number of hydrogen-bond donors (Lipinski definition) is 0. The molecular formula is C12H15N3O. The first-order valence-electron chi connectivity index (χ1n) is 5.45. The Bertz CT molecular complexity index is 393. The normalized spacial score (nSPS) is 19.0. The molecule has 84 valence electrons. The average Bonchev–Trinajstić information content (AvgIpc) is 2.34.